The predicted molar refractivity (Wildman–Crippen MR) is 50.1 cm³/mol. The van der Waals surface area contributed by atoms with Crippen molar-refractivity contribution in [1.82, 2.24) is 9.78 Å². The molecule has 0 aliphatic heterocycles. The molecule has 0 saturated heterocycles. The number of aldehydes is 1. The van der Waals surface area contributed by atoms with Crippen molar-refractivity contribution in [2.75, 3.05) is 7.05 Å². The van der Waals surface area contributed by atoms with Crippen molar-refractivity contribution >= 4 is 23.6 Å². The number of allylic oxidation sites excluding steroid dienone is 1. The zero-order chi connectivity index (χ0) is 9.84. The summed E-state index contributed by atoms with van der Waals surface area (Å²) >= 11 is 5.64. The molecule has 0 aromatic carbocycles. The Labute approximate surface area is 80.2 Å². The largest absolute Gasteiger partial charge is 0.296 e. The standard InChI is InChI=1S/C8H8ClN3O/c1-6(5-13)12-8(10-2)4-3-7(9)11-12/h3-5H,1H2,2H3. The monoisotopic (exact) mass is 197 g/mol. The number of nitrogens with zero attached hydrogens (tertiary/aromatic N) is 3. The van der Waals surface area contributed by atoms with Gasteiger partial charge < -0.3 is 0 Å². The Morgan fingerprint density at radius 3 is 3.00 bits per heavy atom. The van der Waals surface area contributed by atoms with Gasteiger partial charge in [-0.25, -0.2) is 4.68 Å². The first-order valence-corrected chi connectivity index (χ1v) is 3.90. The molecule has 0 bridgehead atoms. The summed E-state index contributed by atoms with van der Waals surface area (Å²) in [6.45, 7) is 3.51. The zero-order valence-corrected chi connectivity index (χ0v) is 7.82. The number of carbonyl (C=O) groups excluding carboxylic acids is 1. The van der Waals surface area contributed by atoms with Gasteiger partial charge in [0.25, 0.3) is 0 Å². The van der Waals surface area contributed by atoms with Gasteiger partial charge in [-0.2, -0.15) is 5.10 Å². The minimum Gasteiger partial charge on any atom is -0.296 e. The molecule has 0 aliphatic carbocycles. The molecule has 1 heterocycles. The van der Waals surface area contributed by atoms with Crippen LogP contribution in [0.4, 0.5) is 0 Å². The number of aromatic nitrogens is 2. The molecule has 0 atom stereocenters. The number of halogens is 1. The van der Waals surface area contributed by atoms with Crippen molar-refractivity contribution in [2.24, 2.45) is 4.99 Å². The highest BCUT2D eigenvalue weighted by Gasteiger charge is 1.99. The molecule has 0 radical (unpaired) electrons. The van der Waals surface area contributed by atoms with Crippen molar-refractivity contribution in [3.8, 4) is 0 Å². The Balaban J connectivity index is 3.41. The lowest BCUT2D eigenvalue weighted by molar-refractivity contribution is -0.103. The van der Waals surface area contributed by atoms with Gasteiger partial charge in [0, 0.05) is 7.05 Å². The molecule has 0 amide bonds. The van der Waals surface area contributed by atoms with Gasteiger partial charge in [0.15, 0.2) is 6.29 Å². The lowest BCUT2D eigenvalue weighted by Gasteiger charge is -2.02. The van der Waals surface area contributed by atoms with E-state index in [0.29, 0.717) is 11.8 Å². The molecule has 0 saturated carbocycles. The summed E-state index contributed by atoms with van der Waals surface area (Å²) in [6, 6.07) is 3.25. The summed E-state index contributed by atoms with van der Waals surface area (Å²) in [6.07, 6.45) is 0.595. The van der Waals surface area contributed by atoms with E-state index >= 15 is 0 Å². The smallest absolute Gasteiger partial charge is 0.167 e. The summed E-state index contributed by atoms with van der Waals surface area (Å²) in [5, 5.41) is 4.16. The van der Waals surface area contributed by atoms with Crippen LogP contribution in [0.25, 0.3) is 5.70 Å². The Morgan fingerprint density at radius 1 is 1.77 bits per heavy atom. The van der Waals surface area contributed by atoms with Crippen LogP contribution in [-0.4, -0.2) is 23.1 Å². The molecule has 0 N–H and O–H groups in total. The molecule has 1 aromatic heterocycles. The van der Waals surface area contributed by atoms with Gasteiger partial charge >= 0.3 is 0 Å². The van der Waals surface area contributed by atoms with Gasteiger partial charge in [-0.1, -0.05) is 18.2 Å². The summed E-state index contributed by atoms with van der Waals surface area (Å²) in [5.41, 5.74) is 0.726. The maximum atomic E-state index is 10.4. The van der Waals surface area contributed by atoms with Gasteiger partial charge in [0.05, 0.1) is 5.70 Å². The van der Waals surface area contributed by atoms with E-state index in [4.69, 9.17) is 11.6 Å². The van der Waals surface area contributed by atoms with Crippen LogP contribution in [0.15, 0.2) is 23.7 Å². The first-order chi connectivity index (χ1) is 6.19. The molecule has 0 spiro atoms. The SMILES string of the molecule is C=C(C=O)n1nc(Cl)ccc1=NC. The minimum absolute atomic E-state index is 0.197. The molecule has 0 aliphatic rings. The fraction of sp³-hybridized carbons (Fsp3) is 0.125. The molecule has 4 nitrogen and oxygen atoms in total. The summed E-state index contributed by atoms with van der Waals surface area (Å²) in [7, 11) is 1.60. The van der Waals surface area contributed by atoms with E-state index in [1.54, 1.807) is 19.2 Å². The minimum atomic E-state index is 0.197. The van der Waals surface area contributed by atoms with Gasteiger partial charge in [-0.05, 0) is 12.1 Å². The highest BCUT2D eigenvalue weighted by molar-refractivity contribution is 6.29. The van der Waals surface area contributed by atoms with Crippen LogP contribution >= 0.6 is 11.6 Å². The van der Waals surface area contributed by atoms with E-state index < -0.39 is 0 Å². The Kier molecular flexibility index (Phi) is 2.97. The van der Waals surface area contributed by atoms with E-state index in [1.165, 1.54) is 4.68 Å². The highest BCUT2D eigenvalue weighted by Crippen LogP contribution is 2.00. The third-order valence-electron chi connectivity index (χ3n) is 1.42. The molecule has 5 heteroatoms. The van der Waals surface area contributed by atoms with E-state index in [1.807, 2.05) is 0 Å². The zero-order valence-electron chi connectivity index (χ0n) is 7.07. The van der Waals surface area contributed by atoms with Crippen LogP contribution in [0.1, 0.15) is 0 Å². The topological polar surface area (TPSA) is 47.2 Å². The quantitative estimate of drug-likeness (QED) is 0.519. The molecular weight excluding hydrogens is 190 g/mol. The lowest BCUT2D eigenvalue weighted by Crippen LogP contribution is -2.22. The Hall–Kier alpha value is -1.42. The number of hydrogen-bond acceptors (Lipinski definition) is 3. The number of carbonyl (C=O) groups is 1. The van der Waals surface area contributed by atoms with Gasteiger partial charge in [0.2, 0.25) is 0 Å². The van der Waals surface area contributed by atoms with E-state index in [9.17, 15) is 4.79 Å². The van der Waals surface area contributed by atoms with E-state index in [0.717, 1.165) is 0 Å². The van der Waals surface area contributed by atoms with Gasteiger partial charge in [-0.3, -0.25) is 9.79 Å². The number of rotatable bonds is 2. The normalized spacial score (nSPS) is 11.4. The molecule has 0 unspecified atom stereocenters. The molecule has 0 fully saturated rings. The molecule has 13 heavy (non-hydrogen) atoms. The number of hydrogen-bond donors (Lipinski definition) is 0. The summed E-state index contributed by atoms with van der Waals surface area (Å²) < 4.78 is 1.29. The third kappa shape index (κ3) is 2.03. The first kappa shape index (κ1) is 9.67. The maximum Gasteiger partial charge on any atom is 0.167 e. The Bertz CT molecular complexity index is 408. The van der Waals surface area contributed by atoms with Crippen molar-refractivity contribution in [2.45, 2.75) is 0 Å². The maximum absolute atomic E-state index is 10.4. The molecule has 1 aromatic rings. The van der Waals surface area contributed by atoms with Crippen molar-refractivity contribution in [3.63, 3.8) is 0 Å². The van der Waals surface area contributed by atoms with Gasteiger partial charge in [0.1, 0.15) is 10.6 Å². The lowest BCUT2D eigenvalue weighted by atomic mass is 10.5. The second kappa shape index (κ2) is 4.00. The summed E-state index contributed by atoms with van der Waals surface area (Å²) in [4.78, 5) is 14.3. The first-order valence-electron chi connectivity index (χ1n) is 3.52. The van der Waals surface area contributed by atoms with E-state index in [-0.39, 0.29) is 10.9 Å². The average molecular weight is 198 g/mol. The predicted octanol–water partition coefficient (Wildman–Crippen LogP) is 0.737. The van der Waals surface area contributed by atoms with Crippen molar-refractivity contribution in [3.05, 3.63) is 29.4 Å². The summed E-state index contributed by atoms with van der Waals surface area (Å²) in [5.74, 6) is 0. The van der Waals surface area contributed by atoms with Crippen LogP contribution in [0.5, 0.6) is 0 Å². The van der Waals surface area contributed by atoms with Crippen LogP contribution in [0.2, 0.25) is 5.15 Å². The second-order valence-electron chi connectivity index (χ2n) is 2.26. The van der Waals surface area contributed by atoms with Gasteiger partial charge in [-0.15, -0.1) is 0 Å². The van der Waals surface area contributed by atoms with Crippen LogP contribution in [0.3, 0.4) is 0 Å². The molecular formula is C8H8ClN3O. The fourth-order valence-corrected chi connectivity index (χ4v) is 0.963. The van der Waals surface area contributed by atoms with Crippen LogP contribution < -0.4 is 5.49 Å². The Morgan fingerprint density at radius 2 is 2.46 bits per heavy atom. The third-order valence-corrected chi connectivity index (χ3v) is 1.62. The van der Waals surface area contributed by atoms with E-state index in [2.05, 4.69) is 16.7 Å². The van der Waals surface area contributed by atoms with Crippen LogP contribution in [-0.2, 0) is 4.79 Å². The van der Waals surface area contributed by atoms with Crippen LogP contribution in [0, 0.1) is 0 Å². The molecule has 1 rings (SSSR count). The highest BCUT2D eigenvalue weighted by atomic mass is 35.5. The average Bonchev–Trinajstić information content (AvgIpc) is 2.16. The van der Waals surface area contributed by atoms with Crippen molar-refractivity contribution in [1.29, 1.82) is 0 Å². The van der Waals surface area contributed by atoms with Crippen molar-refractivity contribution < 1.29 is 4.79 Å². The fourth-order valence-electron chi connectivity index (χ4n) is 0.825. The second-order valence-corrected chi connectivity index (χ2v) is 2.65. The molecule has 68 valence electrons.